The molecule has 0 aromatic heterocycles. The molecule has 0 atom stereocenters. The number of carbonyl (C=O) groups excluding carboxylic acids is 1. The van der Waals surface area contributed by atoms with Crippen LogP contribution in [0.4, 0.5) is 11.4 Å². The summed E-state index contributed by atoms with van der Waals surface area (Å²) in [7, 11) is 0. The van der Waals surface area contributed by atoms with Crippen LogP contribution in [0.25, 0.3) is 0 Å². The van der Waals surface area contributed by atoms with Crippen molar-refractivity contribution in [1.29, 1.82) is 0 Å². The predicted octanol–water partition coefficient (Wildman–Crippen LogP) is 3.00. The van der Waals surface area contributed by atoms with Crippen LogP contribution < -0.4 is 16.8 Å². The maximum absolute atomic E-state index is 11.3. The Hall–Kier alpha value is -1.71. The second-order valence-corrected chi connectivity index (χ2v) is 5.81. The van der Waals surface area contributed by atoms with Crippen molar-refractivity contribution in [3.63, 3.8) is 0 Å². The van der Waals surface area contributed by atoms with Crippen LogP contribution in [0.2, 0.25) is 0 Å². The third-order valence-electron chi connectivity index (χ3n) is 4.50. The summed E-state index contributed by atoms with van der Waals surface area (Å²) in [6, 6.07) is 5.38. The smallest absolute Gasteiger partial charge is 0.250 e. The minimum absolute atomic E-state index is 0.393. The molecule has 1 aliphatic carbocycles. The molecule has 1 amide bonds. The number of nitrogens with one attached hydrogen (secondary N) is 1. The highest BCUT2D eigenvalue weighted by Crippen LogP contribution is 2.31. The van der Waals surface area contributed by atoms with Gasteiger partial charge in [-0.15, -0.1) is 0 Å². The summed E-state index contributed by atoms with van der Waals surface area (Å²) in [5.41, 5.74) is 13.0. The number of benzene rings is 1. The molecule has 2 rings (SSSR count). The average molecular weight is 275 g/mol. The second kappa shape index (κ2) is 6.64. The molecule has 1 saturated carbocycles. The van der Waals surface area contributed by atoms with Crippen molar-refractivity contribution in [1.82, 2.24) is 0 Å². The lowest BCUT2D eigenvalue weighted by Gasteiger charge is -2.28. The Labute approximate surface area is 120 Å². The predicted molar refractivity (Wildman–Crippen MR) is 83.6 cm³/mol. The molecule has 1 aliphatic rings. The molecule has 0 radical (unpaired) electrons. The molecule has 0 heterocycles. The Morgan fingerprint density at radius 2 is 1.90 bits per heavy atom. The van der Waals surface area contributed by atoms with Crippen LogP contribution >= 0.6 is 0 Å². The SMILES string of the molecule is CCC1CCC(CNc2cccc(C(N)=O)c2N)CC1. The number of anilines is 2. The molecule has 0 unspecified atom stereocenters. The van der Waals surface area contributed by atoms with E-state index in [0.717, 1.165) is 18.2 Å². The van der Waals surface area contributed by atoms with Crippen molar-refractivity contribution in [2.24, 2.45) is 17.6 Å². The molecule has 110 valence electrons. The van der Waals surface area contributed by atoms with Crippen molar-refractivity contribution in [3.05, 3.63) is 23.8 Å². The van der Waals surface area contributed by atoms with Gasteiger partial charge in [-0.25, -0.2) is 0 Å². The van der Waals surface area contributed by atoms with Gasteiger partial charge in [-0.1, -0.05) is 32.3 Å². The molecular weight excluding hydrogens is 250 g/mol. The number of para-hydroxylation sites is 1. The van der Waals surface area contributed by atoms with Crippen LogP contribution in [0.5, 0.6) is 0 Å². The van der Waals surface area contributed by atoms with Crippen molar-refractivity contribution < 1.29 is 4.79 Å². The Bertz CT molecular complexity index is 465. The molecule has 4 nitrogen and oxygen atoms in total. The zero-order valence-electron chi connectivity index (χ0n) is 12.2. The molecule has 0 saturated heterocycles. The zero-order valence-corrected chi connectivity index (χ0v) is 12.2. The molecule has 1 aromatic rings. The van der Waals surface area contributed by atoms with E-state index >= 15 is 0 Å². The summed E-state index contributed by atoms with van der Waals surface area (Å²) in [5.74, 6) is 1.14. The molecule has 5 N–H and O–H groups in total. The van der Waals surface area contributed by atoms with E-state index in [1.54, 1.807) is 6.07 Å². The molecular formula is C16H25N3O. The highest BCUT2D eigenvalue weighted by Gasteiger charge is 2.20. The first kappa shape index (κ1) is 14.7. The third-order valence-corrected chi connectivity index (χ3v) is 4.50. The van der Waals surface area contributed by atoms with Crippen LogP contribution in [0, 0.1) is 11.8 Å². The summed E-state index contributed by atoms with van der Waals surface area (Å²) in [6.45, 7) is 3.20. The fourth-order valence-corrected chi connectivity index (χ4v) is 3.03. The van der Waals surface area contributed by atoms with Crippen molar-refractivity contribution >= 4 is 17.3 Å². The van der Waals surface area contributed by atoms with Gasteiger partial charge >= 0.3 is 0 Å². The summed E-state index contributed by atoms with van der Waals surface area (Å²) in [5, 5.41) is 3.38. The van der Waals surface area contributed by atoms with Crippen molar-refractivity contribution in [2.75, 3.05) is 17.6 Å². The topological polar surface area (TPSA) is 81.1 Å². The van der Waals surface area contributed by atoms with Gasteiger partial charge < -0.3 is 16.8 Å². The summed E-state index contributed by atoms with van der Waals surface area (Å²) in [4.78, 5) is 11.3. The van der Waals surface area contributed by atoms with E-state index in [4.69, 9.17) is 11.5 Å². The van der Waals surface area contributed by atoms with Gasteiger partial charge in [0.2, 0.25) is 0 Å². The van der Waals surface area contributed by atoms with Crippen LogP contribution in [-0.4, -0.2) is 12.5 Å². The van der Waals surface area contributed by atoms with E-state index in [9.17, 15) is 4.79 Å². The van der Waals surface area contributed by atoms with E-state index in [1.165, 1.54) is 32.1 Å². The number of rotatable bonds is 5. The quantitative estimate of drug-likeness (QED) is 0.722. The van der Waals surface area contributed by atoms with Gasteiger partial charge in [-0.05, 0) is 36.8 Å². The number of nitrogen functional groups attached to an aromatic ring is 1. The normalized spacial score (nSPS) is 22.4. The molecule has 1 fully saturated rings. The van der Waals surface area contributed by atoms with Crippen molar-refractivity contribution in [2.45, 2.75) is 39.0 Å². The first-order valence-corrected chi connectivity index (χ1v) is 7.54. The Morgan fingerprint density at radius 3 is 2.50 bits per heavy atom. The lowest BCUT2D eigenvalue weighted by Crippen LogP contribution is -2.22. The van der Waals surface area contributed by atoms with Gasteiger partial charge in [0.1, 0.15) is 0 Å². The number of carbonyl (C=O) groups is 1. The second-order valence-electron chi connectivity index (χ2n) is 5.81. The lowest BCUT2D eigenvalue weighted by molar-refractivity contribution is 0.100. The number of primary amides is 1. The molecule has 1 aromatic carbocycles. The number of nitrogens with two attached hydrogens (primary N) is 2. The van der Waals surface area contributed by atoms with E-state index in [2.05, 4.69) is 12.2 Å². The maximum atomic E-state index is 11.3. The Balaban J connectivity index is 1.92. The van der Waals surface area contributed by atoms with E-state index in [0.29, 0.717) is 17.2 Å². The van der Waals surface area contributed by atoms with Gasteiger partial charge in [0.25, 0.3) is 5.91 Å². The fourth-order valence-electron chi connectivity index (χ4n) is 3.03. The molecule has 0 aliphatic heterocycles. The zero-order chi connectivity index (χ0) is 14.5. The van der Waals surface area contributed by atoms with Gasteiger partial charge in [0.15, 0.2) is 0 Å². The summed E-state index contributed by atoms with van der Waals surface area (Å²) in [6.07, 6.45) is 6.52. The standard InChI is InChI=1S/C16H25N3O/c1-2-11-6-8-12(9-7-11)10-19-14-5-3-4-13(15(14)17)16(18)20/h3-5,11-12,19H,2,6-10,17H2,1H3,(H2,18,20). The van der Waals surface area contributed by atoms with Crippen LogP contribution in [0.1, 0.15) is 49.4 Å². The highest BCUT2D eigenvalue weighted by molar-refractivity contribution is 6.00. The van der Waals surface area contributed by atoms with Gasteiger partial charge in [0, 0.05) is 6.54 Å². The van der Waals surface area contributed by atoms with Crippen LogP contribution in [-0.2, 0) is 0 Å². The average Bonchev–Trinajstić information content (AvgIpc) is 2.46. The lowest BCUT2D eigenvalue weighted by atomic mass is 9.81. The number of hydrogen-bond acceptors (Lipinski definition) is 3. The largest absolute Gasteiger partial charge is 0.396 e. The Kier molecular flexibility index (Phi) is 4.88. The maximum Gasteiger partial charge on any atom is 0.250 e. The van der Waals surface area contributed by atoms with Gasteiger partial charge in [-0.3, -0.25) is 4.79 Å². The molecule has 0 bridgehead atoms. The van der Waals surface area contributed by atoms with Crippen LogP contribution in [0.3, 0.4) is 0 Å². The minimum atomic E-state index is -0.477. The van der Waals surface area contributed by atoms with Crippen LogP contribution in [0.15, 0.2) is 18.2 Å². The fraction of sp³-hybridized carbons (Fsp3) is 0.562. The first-order valence-electron chi connectivity index (χ1n) is 7.54. The van der Waals surface area contributed by atoms with E-state index in [1.807, 2.05) is 12.1 Å². The summed E-state index contributed by atoms with van der Waals surface area (Å²) >= 11 is 0. The number of hydrogen-bond donors (Lipinski definition) is 3. The van der Waals surface area contributed by atoms with Crippen molar-refractivity contribution in [3.8, 4) is 0 Å². The monoisotopic (exact) mass is 275 g/mol. The Morgan fingerprint density at radius 1 is 1.25 bits per heavy atom. The van der Waals surface area contributed by atoms with E-state index < -0.39 is 5.91 Å². The number of amides is 1. The van der Waals surface area contributed by atoms with Gasteiger partial charge in [0.05, 0.1) is 16.9 Å². The molecule has 20 heavy (non-hydrogen) atoms. The molecule has 4 heteroatoms. The summed E-state index contributed by atoms with van der Waals surface area (Å²) < 4.78 is 0. The van der Waals surface area contributed by atoms with Gasteiger partial charge in [-0.2, -0.15) is 0 Å². The van der Waals surface area contributed by atoms with E-state index in [-0.39, 0.29) is 0 Å². The minimum Gasteiger partial charge on any atom is -0.396 e. The third kappa shape index (κ3) is 3.44. The first-order chi connectivity index (χ1) is 9.61. The molecule has 0 spiro atoms. The highest BCUT2D eigenvalue weighted by atomic mass is 16.1.